The average Bonchev–Trinajstić information content (AvgIpc) is 2.33. The SMILES string of the molecule is CCCOc1cc(CC(NC)C(C)C)ncn1. The molecule has 1 aromatic heterocycles. The van der Waals surface area contributed by atoms with Crippen LogP contribution in [-0.4, -0.2) is 29.7 Å². The highest BCUT2D eigenvalue weighted by Crippen LogP contribution is 2.12. The Labute approximate surface area is 104 Å². The van der Waals surface area contributed by atoms with Gasteiger partial charge in [0.2, 0.25) is 5.88 Å². The summed E-state index contributed by atoms with van der Waals surface area (Å²) in [6.07, 6.45) is 3.47. The highest BCUT2D eigenvalue weighted by molar-refractivity contribution is 5.14. The minimum absolute atomic E-state index is 0.434. The molecule has 0 bridgehead atoms. The van der Waals surface area contributed by atoms with Gasteiger partial charge in [0.05, 0.1) is 6.61 Å². The summed E-state index contributed by atoms with van der Waals surface area (Å²) in [5, 5.41) is 3.31. The first-order chi connectivity index (χ1) is 8.17. The van der Waals surface area contributed by atoms with Gasteiger partial charge in [0.1, 0.15) is 6.33 Å². The van der Waals surface area contributed by atoms with Crippen molar-refractivity contribution >= 4 is 0 Å². The Balaban J connectivity index is 2.64. The number of nitrogens with zero attached hydrogens (tertiary/aromatic N) is 2. The van der Waals surface area contributed by atoms with Gasteiger partial charge in [0, 0.05) is 24.2 Å². The Morgan fingerprint density at radius 1 is 1.35 bits per heavy atom. The number of likely N-dealkylation sites (N-methyl/N-ethyl adjacent to an activating group) is 1. The van der Waals surface area contributed by atoms with Crippen molar-refractivity contribution in [1.82, 2.24) is 15.3 Å². The molecule has 0 fully saturated rings. The van der Waals surface area contributed by atoms with Gasteiger partial charge in [-0.1, -0.05) is 20.8 Å². The fraction of sp³-hybridized carbons (Fsp3) is 0.692. The maximum atomic E-state index is 5.50. The Morgan fingerprint density at radius 3 is 2.71 bits per heavy atom. The zero-order valence-electron chi connectivity index (χ0n) is 11.2. The first kappa shape index (κ1) is 13.9. The number of rotatable bonds is 7. The second-order valence-electron chi connectivity index (χ2n) is 4.54. The van der Waals surface area contributed by atoms with E-state index < -0.39 is 0 Å². The van der Waals surface area contributed by atoms with Crippen LogP contribution in [0.4, 0.5) is 0 Å². The van der Waals surface area contributed by atoms with Gasteiger partial charge in [-0.15, -0.1) is 0 Å². The summed E-state index contributed by atoms with van der Waals surface area (Å²) in [6.45, 7) is 7.20. The largest absolute Gasteiger partial charge is 0.478 e. The lowest BCUT2D eigenvalue weighted by Gasteiger charge is -2.19. The van der Waals surface area contributed by atoms with Gasteiger partial charge in [-0.05, 0) is 19.4 Å². The van der Waals surface area contributed by atoms with E-state index in [4.69, 9.17) is 4.74 Å². The van der Waals surface area contributed by atoms with E-state index in [9.17, 15) is 0 Å². The molecule has 0 aliphatic rings. The van der Waals surface area contributed by atoms with Crippen molar-refractivity contribution in [2.75, 3.05) is 13.7 Å². The topological polar surface area (TPSA) is 47.0 Å². The highest BCUT2D eigenvalue weighted by Gasteiger charge is 2.12. The lowest BCUT2D eigenvalue weighted by molar-refractivity contribution is 0.303. The summed E-state index contributed by atoms with van der Waals surface area (Å²) >= 11 is 0. The molecule has 1 atom stereocenters. The van der Waals surface area contributed by atoms with E-state index in [0.29, 0.717) is 24.4 Å². The smallest absolute Gasteiger partial charge is 0.216 e. The third-order valence-corrected chi connectivity index (χ3v) is 2.76. The highest BCUT2D eigenvalue weighted by atomic mass is 16.5. The Hall–Kier alpha value is -1.16. The van der Waals surface area contributed by atoms with Gasteiger partial charge >= 0.3 is 0 Å². The fourth-order valence-corrected chi connectivity index (χ4v) is 1.67. The van der Waals surface area contributed by atoms with Crippen molar-refractivity contribution in [2.24, 2.45) is 5.92 Å². The second kappa shape index (κ2) is 7.22. The van der Waals surface area contributed by atoms with Crippen LogP contribution in [0.15, 0.2) is 12.4 Å². The van der Waals surface area contributed by atoms with E-state index in [0.717, 1.165) is 18.5 Å². The molecular weight excluding hydrogens is 214 g/mol. The summed E-state index contributed by atoms with van der Waals surface area (Å²) in [5.74, 6) is 1.26. The van der Waals surface area contributed by atoms with Gasteiger partial charge in [0.15, 0.2) is 0 Å². The van der Waals surface area contributed by atoms with Gasteiger partial charge < -0.3 is 10.1 Å². The van der Waals surface area contributed by atoms with E-state index in [1.807, 2.05) is 13.1 Å². The molecule has 0 aromatic carbocycles. The molecule has 4 heteroatoms. The van der Waals surface area contributed by atoms with Gasteiger partial charge in [-0.25, -0.2) is 9.97 Å². The van der Waals surface area contributed by atoms with E-state index in [1.165, 1.54) is 0 Å². The normalized spacial score (nSPS) is 12.8. The predicted molar refractivity (Wildman–Crippen MR) is 69.2 cm³/mol. The van der Waals surface area contributed by atoms with Crippen LogP contribution in [0.25, 0.3) is 0 Å². The van der Waals surface area contributed by atoms with Crippen molar-refractivity contribution in [3.05, 3.63) is 18.1 Å². The van der Waals surface area contributed by atoms with Crippen LogP contribution in [0.3, 0.4) is 0 Å². The molecule has 1 heterocycles. The number of nitrogens with one attached hydrogen (secondary N) is 1. The Morgan fingerprint density at radius 2 is 2.12 bits per heavy atom. The van der Waals surface area contributed by atoms with Crippen molar-refractivity contribution in [1.29, 1.82) is 0 Å². The molecule has 4 nitrogen and oxygen atoms in total. The van der Waals surface area contributed by atoms with Crippen molar-refractivity contribution in [2.45, 2.75) is 39.7 Å². The standard InChI is InChI=1S/C13H23N3O/c1-5-6-17-13-8-11(15-9-16-13)7-12(14-4)10(2)3/h8-10,12,14H,5-7H2,1-4H3. The molecule has 96 valence electrons. The molecule has 1 aromatic rings. The number of hydrogen-bond acceptors (Lipinski definition) is 4. The Kier molecular flexibility index (Phi) is 5.91. The molecule has 1 unspecified atom stereocenters. The first-order valence-corrected chi connectivity index (χ1v) is 6.28. The summed E-state index contributed by atoms with van der Waals surface area (Å²) in [4.78, 5) is 8.39. The summed E-state index contributed by atoms with van der Waals surface area (Å²) in [6, 6.07) is 2.37. The third kappa shape index (κ3) is 4.69. The third-order valence-electron chi connectivity index (χ3n) is 2.76. The van der Waals surface area contributed by atoms with Crippen LogP contribution in [0.2, 0.25) is 0 Å². The van der Waals surface area contributed by atoms with Crippen LogP contribution in [-0.2, 0) is 6.42 Å². The molecule has 0 saturated heterocycles. The van der Waals surface area contributed by atoms with Crippen LogP contribution < -0.4 is 10.1 Å². The molecule has 1 rings (SSSR count). The minimum atomic E-state index is 0.434. The van der Waals surface area contributed by atoms with E-state index >= 15 is 0 Å². The van der Waals surface area contributed by atoms with Crippen molar-refractivity contribution in [3.63, 3.8) is 0 Å². The molecule has 0 aliphatic heterocycles. The first-order valence-electron chi connectivity index (χ1n) is 6.28. The molecule has 0 amide bonds. The molecule has 1 N–H and O–H groups in total. The predicted octanol–water partition coefficient (Wildman–Crippen LogP) is 2.05. The van der Waals surface area contributed by atoms with E-state index in [1.54, 1.807) is 6.33 Å². The van der Waals surface area contributed by atoms with Crippen LogP contribution in [0.5, 0.6) is 5.88 Å². The monoisotopic (exact) mass is 237 g/mol. The second-order valence-corrected chi connectivity index (χ2v) is 4.54. The fourth-order valence-electron chi connectivity index (χ4n) is 1.67. The molecular formula is C13H23N3O. The number of hydrogen-bond donors (Lipinski definition) is 1. The van der Waals surface area contributed by atoms with Crippen molar-refractivity contribution < 1.29 is 4.74 Å². The maximum absolute atomic E-state index is 5.50. The number of ether oxygens (including phenoxy) is 1. The van der Waals surface area contributed by atoms with Gasteiger partial charge in [-0.2, -0.15) is 0 Å². The quantitative estimate of drug-likeness (QED) is 0.788. The van der Waals surface area contributed by atoms with Gasteiger partial charge in [0.25, 0.3) is 0 Å². The van der Waals surface area contributed by atoms with Crippen LogP contribution in [0, 0.1) is 5.92 Å². The lowest BCUT2D eigenvalue weighted by atomic mass is 9.99. The summed E-state index contributed by atoms with van der Waals surface area (Å²) < 4.78 is 5.50. The summed E-state index contributed by atoms with van der Waals surface area (Å²) in [5.41, 5.74) is 1.03. The van der Waals surface area contributed by atoms with E-state index in [-0.39, 0.29) is 0 Å². The maximum Gasteiger partial charge on any atom is 0.216 e. The Bertz CT molecular complexity index is 328. The zero-order valence-corrected chi connectivity index (χ0v) is 11.2. The van der Waals surface area contributed by atoms with E-state index in [2.05, 4.69) is 36.1 Å². The molecule has 0 radical (unpaired) electrons. The van der Waals surface area contributed by atoms with Crippen LogP contribution in [0.1, 0.15) is 32.9 Å². The molecule has 0 saturated carbocycles. The van der Waals surface area contributed by atoms with Crippen molar-refractivity contribution in [3.8, 4) is 5.88 Å². The molecule has 17 heavy (non-hydrogen) atoms. The zero-order chi connectivity index (χ0) is 12.7. The number of aromatic nitrogens is 2. The average molecular weight is 237 g/mol. The summed E-state index contributed by atoms with van der Waals surface area (Å²) in [7, 11) is 1.99. The van der Waals surface area contributed by atoms with Crippen LogP contribution >= 0.6 is 0 Å². The lowest BCUT2D eigenvalue weighted by Crippen LogP contribution is -2.33. The van der Waals surface area contributed by atoms with Gasteiger partial charge in [-0.3, -0.25) is 0 Å². The molecule has 0 spiro atoms. The molecule has 0 aliphatic carbocycles. The minimum Gasteiger partial charge on any atom is -0.478 e.